The molecule has 0 aliphatic heterocycles. The first-order valence-electron chi connectivity index (χ1n) is 9.46. The van der Waals surface area contributed by atoms with Crippen LogP contribution in [0.5, 0.6) is 0 Å². The van der Waals surface area contributed by atoms with Crippen molar-refractivity contribution < 1.29 is 21.5 Å². The monoisotopic (exact) mass is 472 g/mol. The predicted molar refractivity (Wildman–Crippen MR) is 128 cm³/mol. The van der Waals surface area contributed by atoms with Gasteiger partial charge < -0.3 is 21.5 Å². The van der Waals surface area contributed by atoms with Gasteiger partial charge in [-0.15, -0.1) is 0 Å². The summed E-state index contributed by atoms with van der Waals surface area (Å²) in [5, 5.41) is 0. The second-order valence-corrected chi connectivity index (χ2v) is 34.9. The second kappa shape index (κ2) is 8.85. The molecule has 0 aromatic heterocycles. The first-order chi connectivity index (χ1) is 11.1. The normalized spacial score (nSPS) is 15.9. The summed E-state index contributed by atoms with van der Waals surface area (Å²) in [5.74, 6) is 0. The van der Waals surface area contributed by atoms with Gasteiger partial charge in [0.15, 0.2) is 33.3 Å². The minimum absolute atomic E-state index is 1.05. The van der Waals surface area contributed by atoms with Crippen LogP contribution in [0, 0.1) is 0 Å². The summed E-state index contributed by atoms with van der Waals surface area (Å²) in [7, 11) is -11.1. The van der Waals surface area contributed by atoms with E-state index in [4.69, 9.17) is 21.5 Å². The Hall–Kier alpha value is 1.10. The van der Waals surface area contributed by atoms with Crippen LogP contribution >= 0.6 is 0 Å². The average molecular weight is 473 g/mol. The minimum Gasteiger partial charge on any atom is -0.441 e. The van der Waals surface area contributed by atoms with E-state index >= 15 is 0 Å². The highest BCUT2D eigenvalue weighted by Crippen LogP contribution is 2.37. The summed E-state index contributed by atoms with van der Waals surface area (Å²) in [6.45, 7) is 30.6. The van der Waals surface area contributed by atoms with Gasteiger partial charge in [-0.2, -0.15) is 0 Å². The van der Waals surface area contributed by atoms with E-state index in [-0.39, 0.29) is 0 Å². The van der Waals surface area contributed by atoms with Gasteiger partial charge in [0.25, 0.3) is 23.9 Å². The Balaban J connectivity index is 5.95. The van der Waals surface area contributed by atoms with E-state index in [0.717, 1.165) is 0 Å². The number of hydrogen-bond acceptors (Lipinski definition) is 5. The molecule has 0 fully saturated rings. The quantitative estimate of drug-likeness (QED) is 0.319. The first kappa shape index (κ1) is 27.1. The molecule has 0 rings (SSSR count). The summed E-state index contributed by atoms with van der Waals surface area (Å²) in [4.78, 5) is 0. The lowest BCUT2D eigenvalue weighted by Gasteiger charge is -2.51. The van der Waals surface area contributed by atoms with Crippen LogP contribution in [0.4, 0.5) is 0 Å². The maximum Gasteiger partial charge on any atom is 0.284 e. The minimum atomic E-state index is -2.52. The van der Waals surface area contributed by atoms with E-state index in [1.54, 1.807) is 0 Å². The molecule has 0 aliphatic rings. The van der Waals surface area contributed by atoms with Gasteiger partial charge in [0, 0.05) is 0 Å². The van der Waals surface area contributed by atoms with Gasteiger partial charge in [0.2, 0.25) is 0 Å². The Labute approximate surface area is 170 Å². The Kier molecular flexibility index (Phi) is 9.23. The summed E-state index contributed by atoms with van der Waals surface area (Å²) < 4.78 is 32.7. The highest BCUT2D eigenvalue weighted by molar-refractivity contribution is 6.82. The van der Waals surface area contributed by atoms with Crippen LogP contribution < -0.4 is 0 Å². The molecule has 0 radical (unpaired) electrons. The van der Waals surface area contributed by atoms with E-state index in [2.05, 4.69) is 91.7 Å². The summed E-state index contributed by atoms with van der Waals surface area (Å²) >= 11 is 0. The fourth-order valence-electron chi connectivity index (χ4n) is 2.08. The van der Waals surface area contributed by atoms with Crippen molar-refractivity contribution in [3.63, 3.8) is 0 Å². The third-order valence-corrected chi connectivity index (χ3v) is 15.3. The molecule has 0 N–H and O–H groups in total. The molecule has 0 bridgehead atoms. The smallest absolute Gasteiger partial charge is 0.284 e. The van der Waals surface area contributed by atoms with Gasteiger partial charge in [-0.3, -0.25) is 0 Å². The van der Waals surface area contributed by atoms with Gasteiger partial charge in [0.1, 0.15) is 0 Å². The number of rotatable bonds is 11. The van der Waals surface area contributed by atoms with Crippen LogP contribution in [0.3, 0.4) is 0 Å². The second-order valence-electron chi connectivity index (χ2n) is 11.2. The largest absolute Gasteiger partial charge is 0.441 e. The highest BCUT2D eigenvalue weighted by Gasteiger charge is 2.58. The molecular weight excluding hydrogens is 429 g/mol. The zero-order valence-electron chi connectivity index (χ0n) is 19.7. The van der Waals surface area contributed by atoms with Gasteiger partial charge in [-0.1, -0.05) is 0 Å². The van der Waals surface area contributed by atoms with Crippen molar-refractivity contribution in [2.75, 3.05) is 0 Å². The third kappa shape index (κ3) is 11.2. The standard InChI is InChI=1S/C15H44O5Si6/c1-22(2,3)16-15(17-23(4,5)6,18-24(7,8)9)26(13,14)20-21-19-25(10,11)12/h21H2,1-14H3. The van der Waals surface area contributed by atoms with Crippen molar-refractivity contribution >= 4 is 51.6 Å². The summed E-state index contributed by atoms with van der Waals surface area (Å²) in [6, 6.07) is 0. The third-order valence-electron chi connectivity index (χ3n) is 2.97. The van der Waals surface area contributed by atoms with Crippen molar-refractivity contribution in [2.45, 2.75) is 97.3 Å². The first-order valence-corrected chi connectivity index (χ1v) is 27.2. The number of hydrogen-bond donors (Lipinski definition) is 0. The molecular formula is C15H44O5Si6. The summed E-state index contributed by atoms with van der Waals surface area (Å²) in [5.41, 5.74) is -1.05. The molecule has 0 unspecified atom stereocenters. The predicted octanol–water partition coefficient (Wildman–Crippen LogP) is 4.81. The SMILES string of the molecule is C[Si](C)(C)O[SiH2]O[Si](C)(C)C(O[Si](C)(C)C)(O[Si](C)(C)C)O[Si](C)(C)C. The zero-order valence-corrected chi connectivity index (χ0v) is 26.2. The van der Waals surface area contributed by atoms with E-state index in [0.29, 0.717) is 0 Å². The molecule has 0 atom stereocenters. The molecule has 26 heavy (non-hydrogen) atoms. The van der Waals surface area contributed by atoms with Crippen LogP contribution in [0.2, 0.25) is 91.7 Å². The molecule has 0 aromatic carbocycles. The lowest BCUT2D eigenvalue weighted by molar-refractivity contribution is -0.218. The molecule has 5 nitrogen and oxygen atoms in total. The van der Waals surface area contributed by atoms with E-state index in [9.17, 15) is 0 Å². The Morgan fingerprint density at radius 2 is 0.769 bits per heavy atom. The zero-order chi connectivity index (χ0) is 21.2. The maximum absolute atomic E-state index is 6.70. The molecule has 0 amide bonds. The van der Waals surface area contributed by atoms with E-state index in [1.165, 1.54) is 0 Å². The molecule has 11 heteroatoms. The van der Waals surface area contributed by atoms with Crippen LogP contribution in [0.1, 0.15) is 0 Å². The average Bonchev–Trinajstić information content (AvgIpc) is 2.17. The molecule has 0 aliphatic carbocycles. The van der Waals surface area contributed by atoms with Crippen molar-refractivity contribution in [3.05, 3.63) is 0 Å². The molecule has 158 valence electrons. The fourth-order valence-corrected chi connectivity index (χ4v) is 14.8. The van der Waals surface area contributed by atoms with Crippen LogP contribution in [-0.4, -0.2) is 57.2 Å². The Bertz CT molecular complexity index is 405. The fraction of sp³-hybridized carbons (Fsp3) is 1.00. The van der Waals surface area contributed by atoms with Gasteiger partial charge in [-0.05, 0) is 91.7 Å². The Morgan fingerprint density at radius 1 is 0.462 bits per heavy atom. The molecule has 0 aromatic rings. The van der Waals surface area contributed by atoms with E-state index in [1.807, 2.05) is 0 Å². The van der Waals surface area contributed by atoms with E-state index < -0.39 is 57.2 Å². The Morgan fingerprint density at radius 3 is 1.00 bits per heavy atom. The molecule has 0 saturated heterocycles. The van der Waals surface area contributed by atoms with Crippen molar-refractivity contribution in [3.8, 4) is 0 Å². The van der Waals surface area contributed by atoms with Crippen molar-refractivity contribution in [1.82, 2.24) is 0 Å². The van der Waals surface area contributed by atoms with Crippen LogP contribution in [0.15, 0.2) is 0 Å². The lowest BCUT2D eigenvalue weighted by atomic mass is 11.3. The van der Waals surface area contributed by atoms with Crippen LogP contribution in [0.25, 0.3) is 0 Å². The highest BCUT2D eigenvalue weighted by atomic mass is 28.4. The van der Waals surface area contributed by atoms with Crippen LogP contribution in [-0.2, 0) is 21.5 Å². The molecule has 0 saturated carbocycles. The molecule has 0 heterocycles. The maximum atomic E-state index is 6.70. The van der Waals surface area contributed by atoms with Crippen molar-refractivity contribution in [1.29, 1.82) is 0 Å². The molecule has 0 spiro atoms. The summed E-state index contributed by atoms with van der Waals surface area (Å²) in [6.07, 6.45) is 0. The van der Waals surface area contributed by atoms with Gasteiger partial charge in [0.05, 0.1) is 0 Å². The lowest BCUT2D eigenvalue weighted by Crippen LogP contribution is -2.70. The van der Waals surface area contributed by atoms with Crippen molar-refractivity contribution in [2.24, 2.45) is 0 Å². The van der Waals surface area contributed by atoms with Gasteiger partial charge in [-0.25, -0.2) is 0 Å². The topological polar surface area (TPSA) is 46.2 Å². The van der Waals surface area contributed by atoms with Gasteiger partial charge >= 0.3 is 0 Å².